The van der Waals surface area contributed by atoms with Crippen LogP contribution in [-0.2, 0) is 6.42 Å². The van der Waals surface area contributed by atoms with Gasteiger partial charge in [-0.05, 0) is 43.5 Å². The third kappa shape index (κ3) is 4.29. The van der Waals surface area contributed by atoms with Gasteiger partial charge in [-0.2, -0.15) is 0 Å². The smallest absolute Gasteiger partial charge is 0.127 e. The summed E-state index contributed by atoms with van der Waals surface area (Å²) in [5.41, 5.74) is 0.733. The summed E-state index contributed by atoms with van der Waals surface area (Å²) in [7, 11) is 1.94. The zero-order valence-corrected chi connectivity index (χ0v) is 11.5. The van der Waals surface area contributed by atoms with Crippen molar-refractivity contribution in [2.75, 3.05) is 7.05 Å². The first kappa shape index (κ1) is 14.5. The molecule has 2 unspecified atom stereocenters. The quantitative estimate of drug-likeness (QED) is 0.811. The van der Waals surface area contributed by atoms with Crippen molar-refractivity contribution >= 4 is 11.6 Å². The van der Waals surface area contributed by atoms with E-state index in [9.17, 15) is 4.39 Å². The van der Waals surface area contributed by atoms with Gasteiger partial charge in [0.1, 0.15) is 5.82 Å². The minimum atomic E-state index is -0.207. The lowest BCUT2D eigenvalue weighted by Crippen LogP contribution is -2.34. The Kier molecular flexibility index (Phi) is 5.93. The highest BCUT2D eigenvalue weighted by Crippen LogP contribution is 2.19. The van der Waals surface area contributed by atoms with Gasteiger partial charge in [0.15, 0.2) is 0 Å². The molecule has 1 rings (SSSR count). The van der Waals surface area contributed by atoms with Gasteiger partial charge in [-0.1, -0.05) is 37.9 Å². The molecule has 0 radical (unpaired) electrons. The summed E-state index contributed by atoms with van der Waals surface area (Å²) in [6.07, 6.45) is 3.02. The van der Waals surface area contributed by atoms with Crippen molar-refractivity contribution in [3.8, 4) is 0 Å². The summed E-state index contributed by atoms with van der Waals surface area (Å²) in [5.74, 6) is 0.335. The first-order valence-corrected chi connectivity index (χ1v) is 6.57. The Morgan fingerprint density at radius 1 is 1.41 bits per heavy atom. The lowest BCUT2D eigenvalue weighted by molar-refractivity contribution is 0.368. The van der Waals surface area contributed by atoms with Crippen LogP contribution in [0.2, 0.25) is 5.02 Å². The first-order chi connectivity index (χ1) is 8.08. The molecule has 2 atom stereocenters. The van der Waals surface area contributed by atoms with Crippen LogP contribution >= 0.6 is 11.6 Å². The van der Waals surface area contributed by atoms with E-state index in [4.69, 9.17) is 11.6 Å². The van der Waals surface area contributed by atoms with Crippen LogP contribution in [0, 0.1) is 11.7 Å². The van der Waals surface area contributed by atoms with Crippen molar-refractivity contribution in [3.05, 3.63) is 34.6 Å². The van der Waals surface area contributed by atoms with Gasteiger partial charge in [-0.15, -0.1) is 0 Å². The Balaban J connectivity index is 2.73. The van der Waals surface area contributed by atoms with E-state index >= 15 is 0 Å². The van der Waals surface area contributed by atoms with E-state index in [2.05, 4.69) is 19.2 Å². The van der Waals surface area contributed by atoms with Crippen LogP contribution in [0.3, 0.4) is 0 Å². The SMILES string of the molecule is CCCC(C)C(Cc1ccc(Cl)cc1F)NC. The van der Waals surface area contributed by atoms with E-state index in [1.54, 1.807) is 12.1 Å². The Morgan fingerprint density at radius 3 is 2.65 bits per heavy atom. The van der Waals surface area contributed by atoms with Gasteiger partial charge in [0.25, 0.3) is 0 Å². The number of benzene rings is 1. The molecule has 1 N–H and O–H groups in total. The lowest BCUT2D eigenvalue weighted by atomic mass is 9.91. The van der Waals surface area contributed by atoms with E-state index in [1.807, 2.05) is 7.05 Å². The average molecular weight is 258 g/mol. The van der Waals surface area contributed by atoms with Gasteiger partial charge >= 0.3 is 0 Å². The predicted octanol–water partition coefficient (Wildman–Crippen LogP) is 4.05. The van der Waals surface area contributed by atoms with Gasteiger partial charge < -0.3 is 5.32 Å². The third-order valence-electron chi connectivity index (χ3n) is 3.26. The molecule has 0 aromatic heterocycles. The number of halogens is 2. The molecule has 96 valence electrons. The number of likely N-dealkylation sites (N-methyl/N-ethyl adjacent to an activating group) is 1. The zero-order chi connectivity index (χ0) is 12.8. The molecule has 0 saturated carbocycles. The van der Waals surface area contributed by atoms with Crippen LogP contribution in [0.25, 0.3) is 0 Å². The standard InChI is InChI=1S/C14H21ClFN/c1-4-5-10(2)14(17-3)8-11-6-7-12(15)9-13(11)16/h6-7,9-10,14,17H,4-5,8H2,1-3H3. The summed E-state index contributed by atoms with van der Waals surface area (Å²) in [5, 5.41) is 3.73. The van der Waals surface area contributed by atoms with Crippen LogP contribution in [0.15, 0.2) is 18.2 Å². The summed E-state index contributed by atoms with van der Waals surface area (Å²) >= 11 is 5.74. The first-order valence-electron chi connectivity index (χ1n) is 6.19. The van der Waals surface area contributed by atoms with Gasteiger partial charge in [0.05, 0.1) is 0 Å². The molecule has 0 aliphatic rings. The van der Waals surface area contributed by atoms with Gasteiger partial charge in [0, 0.05) is 11.1 Å². The molecule has 0 aliphatic carbocycles. The summed E-state index contributed by atoms with van der Waals surface area (Å²) < 4.78 is 13.7. The lowest BCUT2D eigenvalue weighted by Gasteiger charge is -2.23. The molecule has 17 heavy (non-hydrogen) atoms. The van der Waals surface area contributed by atoms with Gasteiger partial charge in [-0.3, -0.25) is 0 Å². The zero-order valence-electron chi connectivity index (χ0n) is 10.8. The molecular weight excluding hydrogens is 237 g/mol. The monoisotopic (exact) mass is 257 g/mol. The van der Waals surface area contributed by atoms with Crippen molar-refractivity contribution in [3.63, 3.8) is 0 Å². The Hall–Kier alpha value is -0.600. The number of rotatable bonds is 6. The summed E-state index contributed by atoms with van der Waals surface area (Å²) in [6, 6.07) is 5.22. The molecule has 0 saturated heterocycles. The summed E-state index contributed by atoms with van der Waals surface area (Å²) in [4.78, 5) is 0. The maximum Gasteiger partial charge on any atom is 0.127 e. The second-order valence-corrected chi connectivity index (χ2v) is 5.04. The minimum absolute atomic E-state index is 0.207. The molecule has 1 aromatic carbocycles. The Bertz CT molecular complexity index is 354. The van der Waals surface area contributed by atoms with Crippen LogP contribution < -0.4 is 5.32 Å². The fourth-order valence-electron chi connectivity index (χ4n) is 2.17. The Labute approximate surface area is 108 Å². The van der Waals surface area contributed by atoms with E-state index in [0.717, 1.165) is 18.4 Å². The van der Waals surface area contributed by atoms with Crippen LogP contribution in [-0.4, -0.2) is 13.1 Å². The molecule has 0 aliphatic heterocycles. The van der Waals surface area contributed by atoms with Crippen LogP contribution in [0.1, 0.15) is 32.3 Å². The maximum atomic E-state index is 13.7. The van der Waals surface area contributed by atoms with Gasteiger partial charge in [0.2, 0.25) is 0 Å². The second-order valence-electron chi connectivity index (χ2n) is 4.60. The number of hydrogen-bond acceptors (Lipinski definition) is 1. The van der Waals surface area contributed by atoms with E-state index in [-0.39, 0.29) is 5.82 Å². The third-order valence-corrected chi connectivity index (χ3v) is 3.49. The predicted molar refractivity (Wildman–Crippen MR) is 72.0 cm³/mol. The van der Waals surface area contributed by atoms with Crippen molar-refractivity contribution in [1.29, 1.82) is 0 Å². The average Bonchev–Trinajstić information content (AvgIpc) is 2.28. The number of hydrogen-bond donors (Lipinski definition) is 1. The molecule has 1 aromatic rings. The molecule has 1 nitrogen and oxygen atoms in total. The second kappa shape index (κ2) is 6.97. The highest BCUT2D eigenvalue weighted by atomic mass is 35.5. The topological polar surface area (TPSA) is 12.0 Å². The van der Waals surface area contributed by atoms with Crippen molar-refractivity contribution < 1.29 is 4.39 Å². The normalized spacial score (nSPS) is 14.6. The van der Waals surface area contributed by atoms with E-state index in [1.165, 1.54) is 6.07 Å². The summed E-state index contributed by atoms with van der Waals surface area (Å²) in [6.45, 7) is 4.38. The van der Waals surface area contributed by atoms with E-state index < -0.39 is 0 Å². The van der Waals surface area contributed by atoms with Crippen molar-refractivity contribution in [2.45, 2.75) is 39.2 Å². The number of nitrogens with one attached hydrogen (secondary N) is 1. The fraction of sp³-hybridized carbons (Fsp3) is 0.571. The Morgan fingerprint density at radius 2 is 2.12 bits per heavy atom. The molecule has 0 bridgehead atoms. The van der Waals surface area contributed by atoms with Crippen molar-refractivity contribution in [1.82, 2.24) is 5.32 Å². The minimum Gasteiger partial charge on any atom is -0.316 e. The largest absolute Gasteiger partial charge is 0.316 e. The highest BCUT2D eigenvalue weighted by Gasteiger charge is 2.16. The molecule has 0 spiro atoms. The van der Waals surface area contributed by atoms with Crippen molar-refractivity contribution in [2.24, 2.45) is 5.92 Å². The highest BCUT2D eigenvalue weighted by molar-refractivity contribution is 6.30. The maximum absolute atomic E-state index is 13.7. The van der Waals surface area contributed by atoms with E-state index in [0.29, 0.717) is 23.4 Å². The molecule has 0 amide bonds. The molecule has 3 heteroatoms. The molecule has 0 heterocycles. The van der Waals surface area contributed by atoms with Crippen LogP contribution in [0.4, 0.5) is 4.39 Å². The van der Waals surface area contributed by atoms with Gasteiger partial charge in [-0.25, -0.2) is 4.39 Å². The van der Waals surface area contributed by atoms with Crippen LogP contribution in [0.5, 0.6) is 0 Å². The molecular formula is C14H21ClFN. The molecule has 0 fully saturated rings. The fourth-order valence-corrected chi connectivity index (χ4v) is 2.33.